The monoisotopic (exact) mass is 833 g/mol. The molecule has 1 fully saturated rings. The topological polar surface area (TPSA) is 192 Å². The summed E-state index contributed by atoms with van der Waals surface area (Å²) in [5, 5.41) is 50.1. The molecule has 0 amide bonds. The molecule has 1 rings (SSSR count). The van der Waals surface area contributed by atoms with Crippen molar-refractivity contribution in [1.29, 1.82) is 0 Å². The second-order valence-corrected chi connectivity index (χ2v) is 16.9. The molecule has 0 heterocycles. The first kappa shape index (κ1) is 53.6. The van der Waals surface area contributed by atoms with Gasteiger partial charge in [0.1, 0.15) is 42.7 Å². The molecular weight excluding hydrogens is 751 g/mol. The third kappa shape index (κ3) is 27.9. The van der Waals surface area contributed by atoms with E-state index in [0.29, 0.717) is 13.0 Å². The van der Waals surface area contributed by atoms with Crippen molar-refractivity contribution in [2.75, 3.05) is 19.8 Å². The summed E-state index contributed by atoms with van der Waals surface area (Å²) in [5.41, 5.74) is 0. The molecule has 12 nitrogen and oxygen atoms in total. The van der Waals surface area contributed by atoms with Gasteiger partial charge in [-0.3, -0.25) is 13.8 Å². The van der Waals surface area contributed by atoms with Crippen molar-refractivity contribution >= 4 is 13.8 Å². The zero-order chi connectivity index (χ0) is 42.0. The minimum Gasteiger partial charge on any atom is -0.457 e. The van der Waals surface area contributed by atoms with Gasteiger partial charge < -0.3 is 39.9 Å². The van der Waals surface area contributed by atoms with E-state index in [1.54, 1.807) is 0 Å². The van der Waals surface area contributed by atoms with Crippen molar-refractivity contribution in [2.45, 2.75) is 217 Å². The Balaban J connectivity index is 2.42. The maximum atomic E-state index is 12.8. The predicted octanol–water partition coefficient (Wildman–Crippen LogP) is 8.70. The average Bonchev–Trinajstić information content (AvgIpc) is 3.19. The van der Waals surface area contributed by atoms with Crippen LogP contribution in [0.1, 0.15) is 174 Å². The van der Waals surface area contributed by atoms with Crippen molar-refractivity contribution in [2.24, 2.45) is 0 Å². The summed E-state index contributed by atoms with van der Waals surface area (Å²) >= 11 is 0. The molecule has 0 radical (unpaired) electrons. The highest BCUT2D eigenvalue weighted by molar-refractivity contribution is 7.47. The van der Waals surface area contributed by atoms with Crippen LogP contribution in [0.2, 0.25) is 0 Å². The van der Waals surface area contributed by atoms with Gasteiger partial charge in [-0.25, -0.2) is 4.57 Å². The summed E-state index contributed by atoms with van der Waals surface area (Å²) in [4.78, 5) is 23.1. The Kier molecular flexibility index (Phi) is 33.2. The number of hydrogen-bond acceptors (Lipinski definition) is 11. The fourth-order valence-corrected chi connectivity index (χ4v) is 7.59. The quantitative estimate of drug-likeness (QED) is 0.0151. The van der Waals surface area contributed by atoms with Crippen molar-refractivity contribution < 1.29 is 58.3 Å². The lowest BCUT2D eigenvalue weighted by molar-refractivity contribution is -0.220. The number of phosphoric ester groups is 1. The summed E-state index contributed by atoms with van der Waals surface area (Å²) in [6.45, 7) is 4.18. The molecule has 6 unspecified atom stereocenters. The lowest BCUT2D eigenvalue weighted by Gasteiger charge is -2.41. The minimum atomic E-state index is -5.02. The fourth-order valence-electron chi connectivity index (χ4n) is 6.61. The first-order valence-corrected chi connectivity index (χ1v) is 23.8. The molecule has 1 saturated carbocycles. The highest BCUT2D eigenvalue weighted by Crippen LogP contribution is 2.47. The summed E-state index contributed by atoms with van der Waals surface area (Å²) in [5.74, 6) is -0.488. The van der Waals surface area contributed by atoms with Crippen molar-refractivity contribution in [1.82, 2.24) is 0 Å². The van der Waals surface area contributed by atoms with E-state index in [9.17, 15) is 39.8 Å². The Labute approximate surface area is 344 Å². The number of phosphoric acid groups is 1. The van der Waals surface area contributed by atoms with Gasteiger partial charge in [-0.2, -0.15) is 0 Å². The van der Waals surface area contributed by atoms with Crippen LogP contribution < -0.4 is 0 Å². The van der Waals surface area contributed by atoms with Gasteiger partial charge in [-0.15, -0.1) is 0 Å². The number of carbonyl (C=O) groups excluding carboxylic acids is 1. The summed E-state index contributed by atoms with van der Waals surface area (Å²) in [7, 11) is -5.02. The number of carbonyl (C=O) groups is 1. The molecule has 0 saturated heterocycles. The van der Waals surface area contributed by atoms with Gasteiger partial charge in [0.25, 0.3) is 0 Å². The average molecular weight is 833 g/mol. The van der Waals surface area contributed by atoms with E-state index in [0.717, 1.165) is 70.6 Å². The molecule has 13 heteroatoms. The first-order chi connectivity index (χ1) is 27.5. The summed E-state index contributed by atoms with van der Waals surface area (Å²) in [6, 6.07) is 0. The second-order valence-electron chi connectivity index (χ2n) is 15.5. The Morgan fingerprint density at radius 3 is 1.49 bits per heavy atom. The van der Waals surface area contributed by atoms with Crippen LogP contribution in [0.4, 0.5) is 0 Å². The molecule has 1 aliphatic carbocycles. The van der Waals surface area contributed by atoms with Crippen LogP contribution in [0.5, 0.6) is 0 Å². The molecule has 1 aliphatic rings. The lowest BCUT2D eigenvalue weighted by atomic mass is 9.85. The Bertz CT molecular complexity index is 1090. The van der Waals surface area contributed by atoms with E-state index < -0.39 is 63.1 Å². The summed E-state index contributed by atoms with van der Waals surface area (Å²) < 4.78 is 34.1. The number of hydrogen-bond donors (Lipinski definition) is 6. The number of aliphatic hydroxyl groups is 5. The normalized spacial score (nSPS) is 23.2. The van der Waals surface area contributed by atoms with Gasteiger partial charge in [0, 0.05) is 13.0 Å². The molecule has 0 bridgehead atoms. The van der Waals surface area contributed by atoms with E-state index >= 15 is 0 Å². The van der Waals surface area contributed by atoms with Gasteiger partial charge in [-0.05, 0) is 70.6 Å². The smallest absolute Gasteiger partial charge is 0.457 e. The first-order valence-electron chi connectivity index (χ1n) is 22.3. The SMILES string of the molecule is CCCCC/C=C\C/C=C\CCCCCCCCCC(=O)OC(COCCCCCCCC/C=C\CCCCC)COP(=O)(O)OC1C(O)C(O)C(O)C(O)C1O. The minimum absolute atomic E-state index is 0.0838. The van der Waals surface area contributed by atoms with Gasteiger partial charge in [0.2, 0.25) is 0 Å². The Morgan fingerprint density at radius 1 is 0.561 bits per heavy atom. The Hall–Kier alpha value is -1.44. The van der Waals surface area contributed by atoms with E-state index in [1.807, 2.05) is 0 Å². The largest absolute Gasteiger partial charge is 0.472 e. The van der Waals surface area contributed by atoms with Crippen LogP contribution in [0.25, 0.3) is 0 Å². The van der Waals surface area contributed by atoms with Crippen molar-refractivity contribution in [3.8, 4) is 0 Å². The molecule has 0 aliphatic heterocycles. The molecule has 6 atom stereocenters. The maximum Gasteiger partial charge on any atom is 0.472 e. The van der Waals surface area contributed by atoms with Crippen LogP contribution >= 0.6 is 7.82 Å². The summed E-state index contributed by atoms with van der Waals surface area (Å²) in [6.07, 6.45) is 27.8. The lowest BCUT2D eigenvalue weighted by Crippen LogP contribution is -2.64. The standard InChI is InChI=1S/C44H81O12P/c1-3-5-7-9-11-13-15-17-18-19-20-21-23-25-27-29-31-33-38(45)55-37(35-53-34-32-30-28-26-24-22-16-14-12-10-8-6-4-2)36-54-57(51,52)56-44-42(49)40(47)39(46)41(48)43(44)50/h11-14,17-18,37,39-44,46-50H,3-10,15-16,19-36H2,1-2H3,(H,51,52)/b13-11-,14-12-,18-17-. The molecule has 0 aromatic heterocycles. The highest BCUT2D eigenvalue weighted by Gasteiger charge is 2.51. The van der Waals surface area contributed by atoms with Gasteiger partial charge in [0.15, 0.2) is 0 Å². The van der Waals surface area contributed by atoms with Gasteiger partial charge >= 0.3 is 13.8 Å². The number of esters is 1. The maximum absolute atomic E-state index is 12.8. The van der Waals surface area contributed by atoms with Crippen LogP contribution in [0.3, 0.4) is 0 Å². The van der Waals surface area contributed by atoms with Crippen LogP contribution in [0.15, 0.2) is 36.5 Å². The van der Waals surface area contributed by atoms with Crippen LogP contribution in [-0.4, -0.2) is 98.9 Å². The zero-order valence-electron chi connectivity index (χ0n) is 35.4. The Morgan fingerprint density at radius 2 is 0.982 bits per heavy atom. The van der Waals surface area contributed by atoms with E-state index in [-0.39, 0.29) is 13.0 Å². The molecular formula is C44H81O12P. The van der Waals surface area contributed by atoms with Gasteiger partial charge in [-0.1, -0.05) is 134 Å². The molecule has 0 aromatic carbocycles. The molecule has 57 heavy (non-hydrogen) atoms. The van der Waals surface area contributed by atoms with Crippen LogP contribution in [0, 0.1) is 0 Å². The van der Waals surface area contributed by atoms with E-state index in [4.69, 9.17) is 18.5 Å². The zero-order valence-corrected chi connectivity index (χ0v) is 36.3. The van der Waals surface area contributed by atoms with E-state index in [1.165, 1.54) is 77.0 Å². The van der Waals surface area contributed by atoms with E-state index in [2.05, 4.69) is 50.3 Å². The molecule has 0 spiro atoms. The molecule has 334 valence electrons. The molecule has 0 aromatic rings. The number of rotatable bonds is 37. The number of allylic oxidation sites excluding steroid dienone is 6. The number of unbranched alkanes of at least 4 members (excludes halogenated alkanes) is 19. The second kappa shape index (κ2) is 35.3. The highest BCUT2D eigenvalue weighted by atomic mass is 31.2. The van der Waals surface area contributed by atoms with Crippen LogP contribution in [-0.2, 0) is 27.9 Å². The van der Waals surface area contributed by atoms with Crippen molar-refractivity contribution in [3.05, 3.63) is 36.5 Å². The predicted molar refractivity (Wildman–Crippen MR) is 226 cm³/mol. The van der Waals surface area contributed by atoms with Crippen molar-refractivity contribution in [3.63, 3.8) is 0 Å². The van der Waals surface area contributed by atoms with Gasteiger partial charge in [0.05, 0.1) is 13.2 Å². The number of aliphatic hydroxyl groups excluding tert-OH is 5. The number of ether oxygens (including phenoxy) is 2. The third-order valence-electron chi connectivity index (χ3n) is 10.2. The third-order valence-corrected chi connectivity index (χ3v) is 11.2. The fraction of sp³-hybridized carbons (Fsp3) is 0.841. The molecule has 6 N–H and O–H groups in total.